The van der Waals surface area contributed by atoms with Crippen molar-refractivity contribution in [2.24, 2.45) is 0 Å². The number of aromatic nitrogens is 5. The molecule has 2 aromatic carbocycles. The molecule has 2 aromatic heterocycles. The highest BCUT2D eigenvalue weighted by atomic mass is 19.1. The third kappa shape index (κ3) is 4.95. The van der Waals surface area contributed by atoms with Crippen molar-refractivity contribution in [1.82, 2.24) is 30.1 Å². The molecule has 0 spiro atoms. The van der Waals surface area contributed by atoms with Crippen molar-refractivity contribution >= 4 is 10.9 Å². The zero-order valence-corrected chi connectivity index (χ0v) is 21.2. The number of rotatable bonds is 8. The summed E-state index contributed by atoms with van der Waals surface area (Å²) < 4.78 is 15.2. The van der Waals surface area contributed by atoms with E-state index in [4.69, 9.17) is 0 Å². The number of tetrazole rings is 1. The molecule has 0 bridgehead atoms. The van der Waals surface area contributed by atoms with Gasteiger partial charge in [0.1, 0.15) is 5.82 Å². The van der Waals surface area contributed by atoms with Gasteiger partial charge in [0.05, 0.1) is 18.1 Å². The summed E-state index contributed by atoms with van der Waals surface area (Å²) in [5.41, 5.74) is 4.80. The molecule has 0 saturated heterocycles. The highest BCUT2D eigenvalue weighted by molar-refractivity contribution is 5.82. The van der Waals surface area contributed by atoms with Gasteiger partial charge >= 0.3 is 0 Å². The van der Waals surface area contributed by atoms with E-state index in [1.54, 1.807) is 16.8 Å². The number of fused-ring (bicyclic) bond motifs is 1. The maximum atomic E-state index is 13.4. The fourth-order valence-corrected chi connectivity index (χ4v) is 5.67. The molecule has 1 unspecified atom stereocenters. The summed E-state index contributed by atoms with van der Waals surface area (Å²) >= 11 is 0. The minimum absolute atomic E-state index is 0.0433. The lowest BCUT2D eigenvalue weighted by Gasteiger charge is -2.35. The Morgan fingerprint density at radius 3 is 2.61 bits per heavy atom. The molecule has 1 aliphatic carbocycles. The quantitative estimate of drug-likeness (QED) is 0.368. The summed E-state index contributed by atoms with van der Waals surface area (Å²) in [5.74, 6) is 0.512. The van der Waals surface area contributed by atoms with Gasteiger partial charge in [-0.2, -0.15) is 0 Å². The first-order valence-electron chi connectivity index (χ1n) is 12.8. The van der Waals surface area contributed by atoms with E-state index in [0.717, 1.165) is 52.7 Å². The van der Waals surface area contributed by atoms with Gasteiger partial charge in [-0.15, -0.1) is 5.10 Å². The molecule has 8 heteroatoms. The Balaban J connectivity index is 1.50. The van der Waals surface area contributed by atoms with Crippen molar-refractivity contribution in [1.29, 1.82) is 0 Å². The lowest BCUT2D eigenvalue weighted by molar-refractivity contribution is 0.112. The van der Waals surface area contributed by atoms with Crippen LogP contribution in [0.2, 0.25) is 0 Å². The van der Waals surface area contributed by atoms with Gasteiger partial charge < -0.3 is 4.98 Å². The van der Waals surface area contributed by atoms with Crippen molar-refractivity contribution in [2.45, 2.75) is 78.0 Å². The van der Waals surface area contributed by atoms with Crippen molar-refractivity contribution in [2.75, 3.05) is 0 Å². The van der Waals surface area contributed by atoms with E-state index in [1.807, 2.05) is 13.0 Å². The van der Waals surface area contributed by atoms with Crippen molar-refractivity contribution in [3.8, 4) is 0 Å². The van der Waals surface area contributed by atoms with Gasteiger partial charge in [0.15, 0.2) is 5.82 Å². The second-order valence-corrected chi connectivity index (χ2v) is 10.0. The number of nitrogens with one attached hydrogen (secondary N) is 1. The number of nitrogens with zero attached hydrogens (tertiary/aromatic N) is 5. The molecule has 0 amide bonds. The van der Waals surface area contributed by atoms with Gasteiger partial charge in [-0.3, -0.25) is 9.69 Å². The second-order valence-electron chi connectivity index (χ2n) is 10.0. The average Bonchev–Trinajstić information content (AvgIpc) is 3.54. The van der Waals surface area contributed by atoms with E-state index < -0.39 is 0 Å². The fraction of sp³-hybridized carbons (Fsp3) is 0.429. The number of pyridine rings is 1. The summed E-state index contributed by atoms with van der Waals surface area (Å²) in [6.45, 7) is 7.25. The molecule has 36 heavy (non-hydrogen) atoms. The fourth-order valence-electron chi connectivity index (χ4n) is 5.67. The topological polar surface area (TPSA) is 79.7 Å². The van der Waals surface area contributed by atoms with Gasteiger partial charge in [0, 0.05) is 18.2 Å². The van der Waals surface area contributed by atoms with Crippen LogP contribution in [-0.2, 0) is 13.1 Å². The number of halogens is 1. The number of aromatic amines is 1. The van der Waals surface area contributed by atoms with Crippen LogP contribution in [0.5, 0.6) is 0 Å². The Hall–Kier alpha value is -3.39. The highest BCUT2D eigenvalue weighted by Gasteiger charge is 2.32. The van der Waals surface area contributed by atoms with Crippen LogP contribution in [-0.4, -0.2) is 36.1 Å². The lowest BCUT2D eigenvalue weighted by atomic mass is 10.0. The number of H-pyrrole nitrogens is 1. The monoisotopic (exact) mass is 488 g/mol. The Morgan fingerprint density at radius 1 is 1.14 bits per heavy atom. The molecule has 0 aliphatic heterocycles. The van der Waals surface area contributed by atoms with E-state index in [-0.39, 0.29) is 17.4 Å². The third-order valence-corrected chi connectivity index (χ3v) is 7.41. The van der Waals surface area contributed by atoms with E-state index in [2.05, 4.69) is 51.4 Å². The molecule has 0 radical (unpaired) electrons. The van der Waals surface area contributed by atoms with E-state index in [9.17, 15) is 9.18 Å². The Labute approximate surface area is 210 Å². The van der Waals surface area contributed by atoms with Crippen LogP contribution < -0.4 is 5.56 Å². The summed E-state index contributed by atoms with van der Waals surface area (Å²) in [5, 5.41) is 13.7. The maximum absolute atomic E-state index is 13.4. The van der Waals surface area contributed by atoms with Crippen molar-refractivity contribution < 1.29 is 4.39 Å². The molecule has 1 saturated carbocycles. The van der Waals surface area contributed by atoms with E-state index >= 15 is 0 Å². The lowest BCUT2D eigenvalue weighted by Crippen LogP contribution is -2.39. The normalized spacial score (nSPS) is 15.2. The third-order valence-electron chi connectivity index (χ3n) is 7.41. The van der Waals surface area contributed by atoms with Gasteiger partial charge in [-0.25, -0.2) is 9.07 Å². The van der Waals surface area contributed by atoms with Crippen LogP contribution in [0.1, 0.15) is 73.1 Å². The van der Waals surface area contributed by atoms with Crippen LogP contribution in [0.15, 0.2) is 47.3 Å². The van der Waals surface area contributed by atoms with Gasteiger partial charge in [-0.05, 0) is 84.3 Å². The molecule has 1 atom stereocenters. The number of aryl methyl sites for hydroxylation is 2. The molecular formula is C28H33FN6O. The van der Waals surface area contributed by atoms with E-state index in [0.29, 0.717) is 19.1 Å². The largest absolute Gasteiger partial charge is 0.321 e. The molecule has 1 N–H and O–H groups in total. The van der Waals surface area contributed by atoms with Crippen molar-refractivity contribution in [3.05, 3.63) is 86.7 Å². The van der Waals surface area contributed by atoms with Crippen LogP contribution in [0.4, 0.5) is 4.39 Å². The minimum Gasteiger partial charge on any atom is -0.321 e. The smallest absolute Gasteiger partial charge is 0.252 e. The first kappa shape index (κ1) is 24.3. The predicted octanol–water partition coefficient (Wildman–Crippen LogP) is 5.21. The average molecular weight is 489 g/mol. The van der Waals surface area contributed by atoms with E-state index in [1.165, 1.54) is 30.5 Å². The van der Waals surface area contributed by atoms with Gasteiger partial charge in [0.2, 0.25) is 0 Å². The highest BCUT2D eigenvalue weighted by Crippen LogP contribution is 2.34. The number of hydrogen-bond donors (Lipinski definition) is 1. The summed E-state index contributed by atoms with van der Waals surface area (Å²) in [4.78, 5) is 18.8. The SMILES string of the molecule is CCC(c1nnnn1Cc1ccc(F)cc1)N(Cc1cc2cc(C)cc(C)c2[nH]c1=O)C1CCCC1. The van der Waals surface area contributed by atoms with Gasteiger partial charge in [0.25, 0.3) is 5.56 Å². The predicted molar refractivity (Wildman–Crippen MR) is 138 cm³/mol. The molecule has 7 nitrogen and oxygen atoms in total. The molecular weight excluding hydrogens is 455 g/mol. The van der Waals surface area contributed by atoms with Crippen LogP contribution in [0.25, 0.3) is 10.9 Å². The first-order chi connectivity index (χ1) is 17.4. The number of benzene rings is 2. The Morgan fingerprint density at radius 2 is 1.89 bits per heavy atom. The Kier molecular flexibility index (Phi) is 6.96. The summed E-state index contributed by atoms with van der Waals surface area (Å²) in [7, 11) is 0. The molecule has 2 heterocycles. The molecule has 188 valence electrons. The zero-order valence-electron chi connectivity index (χ0n) is 21.2. The summed E-state index contributed by atoms with van der Waals surface area (Å²) in [6, 6.07) is 13.0. The minimum atomic E-state index is -0.263. The van der Waals surface area contributed by atoms with Crippen LogP contribution in [0.3, 0.4) is 0 Å². The Bertz CT molecular complexity index is 1400. The standard InChI is InChI=1S/C28H33FN6O/c1-4-25(27-31-32-33-35(27)16-20-9-11-23(29)12-10-20)34(24-7-5-6-8-24)17-22-15-21-14-18(2)13-19(3)26(21)30-28(22)36/h9-15,24-25H,4-8,16-17H2,1-3H3,(H,30,36). The van der Waals surface area contributed by atoms with Crippen LogP contribution >= 0.6 is 0 Å². The first-order valence-corrected chi connectivity index (χ1v) is 12.8. The zero-order chi connectivity index (χ0) is 25.2. The molecule has 1 aliphatic rings. The summed E-state index contributed by atoms with van der Waals surface area (Å²) in [6.07, 6.45) is 5.37. The maximum Gasteiger partial charge on any atom is 0.252 e. The van der Waals surface area contributed by atoms with Gasteiger partial charge in [-0.1, -0.05) is 43.5 Å². The van der Waals surface area contributed by atoms with Crippen molar-refractivity contribution in [3.63, 3.8) is 0 Å². The number of hydrogen-bond acceptors (Lipinski definition) is 5. The van der Waals surface area contributed by atoms with Crippen LogP contribution in [0, 0.1) is 19.7 Å². The molecule has 1 fully saturated rings. The molecule has 5 rings (SSSR count). The second kappa shape index (κ2) is 10.3. The molecule has 4 aromatic rings.